The molecule has 4 nitrogen and oxygen atoms in total. The molecule has 2 aromatic rings. The van der Waals surface area contributed by atoms with E-state index >= 15 is 0 Å². The number of hydrogen-bond acceptors (Lipinski definition) is 5. The quantitative estimate of drug-likeness (QED) is 0.483. The van der Waals surface area contributed by atoms with Crippen LogP contribution in [0.25, 0.3) is 0 Å². The van der Waals surface area contributed by atoms with Crippen LogP contribution in [-0.4, -0.2) is 37.6 Å². The second-order valence-corrected chi connectivity index (χ2v) is 8.87. The van der Waals surface area contributed by atoms with Gasteiger partial charge in [-0.25, -0.2) is 0 Å². The van der Waals surface area contributed by atoms with E-state index in [4.69, 9.17) is 14.2 Å². The van der Waals surface area contributed by atoms with Crippen molar-refractivity contribution in [2.75, 3.05) is 24.6 Å². The lowest BCUT2D eigenvalue weighted by atomic mass is 10.1. The maximum Gasteiger partial charge on any atom is 0.446 e. The summed E-state index contributed by atoms with van der Waals surface area (Å²) in [7, 11) is 0. The van der Waals surface area contributed by atoms with Gasteiger partial charge in [0, 0.05) is 42.9 Å². The zero-order valence-electron chi connectivity index (χ0n) is 17.1. The number of benzene rings is 2. The fourth-order valence-electron chi connectivity index (χ4n) is 3.84. The van der Waals surface area contributed by atoms with Crippen LogP contribution in [0, 0.1) is 0 Å². The fraction of sp³-hybridized carbons (Fsp3) is 0.478. The minimum Gasteiger partial charge on any atom is -0.490 e. The highest BCUT2D eigenvalue weighted by molar-refractivity contribution is 8.00. The highest BCUT2D eigenvalue weighted by Gasteiger charge is 2.29. The zero-order chi connectivity index (χ0) is 21.7. The summed E-state index contributed by atoms with van der Waals surface area (Å²) < 4.78 is 54.8. The zero-order valence-corrected chi connectivity index (χ0v) is 18.0. The standard InChI is InChI=1S/C23H26F3NO3S/c24-23(25,26)31-21-10-8-18(9-11-21)29-20-12-14-27(15-13-20)17-4-6-19(7-5-17)30-22-3-1-2-16-28-22/h4-11,20,22H,1-3,12-16H2. The molecule has 31 heavy (non-hydrogen) atoms. The first kappa shape index (κ1) is 22.1. The van der Waals surface area contributed by atoms with Crippen LogP contribution in [0.1, 0.15) is 32.1 Å². The number of thioether (sulfide) groups is 1. The maximum atomic E-state index is 12.4. The Kier molecular flexibility index (Phi) is 7.17. The molecule has 0 bridgehead atoms. The Labute approximate surface area is 184 Å². The van der Waals surface area contributed by atoms with Crippen LogP contribution in [-0.2, 0) is 4.74 Å². The largest absolute Gasteiger partial charge is 0.490 e. The van der Waals surface area contributed by atoms with Crippen molar-refractivity contribution in [3.05, 3.63) is 48.5 Å². The van der Waals surface area contributed by atoms with Crippen molar-refractivity contribution in [3.8, 4) is 11.5 Å². The molecule has 168 valence electrons. The van der Waals surface area contributed by atoms with E-state index in [0.29, 0.717) is 5.75 Å². The molecule has 2 fully saturated rings. The average Bonchev–Trinajstić information content (AvgIpc) is 2.76. The Balaban J connectivity index is 1.24. The molecule has 0 aliphatic carbocycles. The van der Waals surface area contributed by atoms with Gasteiger partial charge in [0.15, 0.2) is 6.29 Å². The van der Waals surface area contributed by atoms with Crippen molar-refractivity contribution in [1.29, 1.82) is 0 Å². The third kappa shape index (κ3) is 6.71. The first-order valence-electron chi connectivity index (χ1n) is 10.6. The van der Waals surface area contributed by atoms with Gasteiger partial charge in [0.2, 0.25) is 0 Å². The molecule has 4 rings (SSSR count). The Hall–Kier alpha value is -2.06. The Bertz CT molecular complexity index is 815. The lowest BCUT2D eigenvalue weighted by molar-refractivity contribution is -0.105. The third-order valence-electron chi connectivity index (χ3n) is 5.41. The molecule has 0 amide bonds. The second kappa shape index (κ2) is 10.0. The molecule has 2 saturated heterocycles. The maximum absolute atomic E-state index is 12.4. The molecule has 2 aromatic carbocycles. The normalized spacial score (nSPS) is 20.5. The van der Waals surface area contributed by atoms with E-state index in [1.165, 1.54) is 12.1 Å². The van der Waals surface area contributed by atoms with Crippen LogP contribution in [0.3, 0.4) is 0 Å². The summed E-state index contributed by atoms with van der Waals surface area (Å²) in [5.41, 5.74) is -3.13. The number of rotatable bonds is 6. The number of nitrogens with zero attached hydrogens (tertiary/aromatic N) is 1. The fourth-order valence-corrected chi connectivity index (χ4v) is 4.38. The van der Waals surface area contributed by atoms with Crippen LogP contribution in [0.2, 0.25) is 0 Å². The molecule has 1 unspecified atom stereocenters. The number of alkyl halides is 3. The van der Waals surface area contributed by atoms with Gasteiger partial charge in [-0.05, 0) is 73.1 Å². The predicted octanol–water partition coefficient (Wildman–Crippen LogP) is 6.25. The highest BCUT2D eigenvalue weighted by atomic mass is 32.2. The van der Waals surface area contributed by atoms with E-state index in [1.54, 1.807) is 12.1 Å². The molecule has 0 saturated carbocycles. The molecule has 0 radical (unpaired) electrons. The van der Waals surface area contributed by atoms with Crippen LogP contribution >= 0.6 is 11.8 Å². The first-order chi connectivity index (χ1) is 14.9. The summed E-state index contributed by atoms with van der Waals surface area (Å²) in [6.45, 7) is 2.48. The van der Waals surface area contributed by atoms with Crippen molar-refractivity contribution in [3.63, 3.8) is 0 Å². The summed E-state index contributed by atoms with van der Waals surface area (Å²) in [5, 5.41) is 0. The molecular formula is C23H26F3NO3S. The van der Waals surface area contributed by atoms with E-state index in [-0.39, 0.29) is 29.1 Å². The van der Waals surface area contributed by atoms with Gasteiger partial charge in [-0.15, -0.1) is 0 Å². The first-order valence-corrected chi connectivity index (χ1v) is 11.4. The summed E-state index contributed by atoms with van der Waals surface area (Å²) in [6, 6.07) is 14.2. The predicted molar refractivity (Wildman–Crippen MR) is 115 cm³/mol. The molecule has 2 aliphatic rings. The van der Waals surface area contributed by atoms with Crippen molar-refractivity contribution in [2.24, 2.45) is 0 Å². The molecule has 0 spiro atoms. The molecule has 2 heterocycles. The van der Waals surface area contributed by atoms with E-state index < -0.39 is 5.51 Å². The van der Waals surface area contributed by atoms with E-state index in [1.807, 2.05) is 12.1 Å². The van der Waals surface area contributed by atoms with Gasteiger partial charge >= 0.3 is 5.51 Å². The molecule has 0 aromatic heterocycles. The monoisotopic (exact) mass is 453 g/mol. The van der Waals surface area contributed by atoms with Crippen LogP contribution in [0.4, 0.5) is 18.9 Å². The number of ether oxygens (including phenoxy) is 3. The van der Waals surface area contributed by atoms with Gasteiger partial charge in [0.05, 0.1) is 6.61 Å². The van der Waals surface area contributed by atoms with Crippen molar-refractivity contribution in [2.45, 2.75) is 54.9 Å². The summed E-state index contributed by atoms with van der Waals surface area (Å²) in [6.07, 6.45) is 4.79. The van der Waals surface area contributed by atoms with E-state index in [0.717, 1.165) is 63.2 Å². The minimum atomic E-state index is -4.27. The van der Waals surface area contributed by atoms with Gasteiger partial charge in [-0.1, -0.05) is 0 Å². The lowest BCUT2D eigenvalue weighted by Gasteiger charge is -2.34. The van der Waals surface area contributed by atoms with E-state index in [9.17, 15) is 13.2 Å². The number of anilines is 1. The lowest BCUT2D eigenvalue weighted by Crippen LogP contribution is -2.38. The third-order valence-corrected chi connectivity index (χ3v) is 6.15. The van der Waals surface area contributed by atoms with Gasteiger partial charge in [-0.3, -0.25) is 0 Å². The Morgan fingerprint density at radius 2 is 1.48 bits per heavy atom. The smallest absolute Gasteiger partial charge is 0.446 e. The molecule has 2 aliphatic heterocycles. The Morgan fingerprint density at radius 1 is 0.839 bits per heavy atom. The van der Waals surface area contributed by atoms with Crippen LogP contribution in [0.5, 0.6) is 11.5 Å². The minimum absolute atomic E-state index is 0.0587. The number of hydrogen-bond donors (Lipinski definition) is 0. The van der Waals surface area contributed by atoms with Gasteiger partial charge in [0.1, 0.15) is 17.6 Å². The molecule has 8 heteroatoms. The summed E-state index contributed by atoms with van der Waals surface area (Å²) in [4.78, 5) is 2.47. The van der Waals surface area contributed by atoms with Crippen LogP contribution < -0.4 is 14.4 Å². The number of piperidine rings is 1. The number of halogens is 3. The highest BCUT2D eigenvalue weighted by Crippen LogP contribution is 2.37. The molecule has 0 N–H and O–H groups in total. The van der Waals surface area contributed by atoms with Gasteiger partial charge in [-0.2, -0.15) is 13.2 Å². The second-order valence-electron chi connectivity index (χ2n) is 7.73. The van der Waals surface area contributed by atoms with Crippen molar-refractivity contribution in [1.82, 2.24) is 0 Å². The molecular weight excluding hydrogens is 427 g/mol. The SMILES string of the molecule is FC(F)(F)Sc1ccc(OC2CCN(c3ccc(OC4CCCCO4)cc3)CC2)cc1. The summed E-state index contributed by atoms with van der Waals surface area (Å²) >= 11 is -0.114. The average molecular weight is 454 g/mol. The Morgan fingerprint density at radius 3 is 2.10 bits per heavy atom. The molecule has 1 atom stereocenters. The van der Waals surface area contributed by atoms with Crippen LogP contribution in [0.15, 0.2) is 53.4 Å². The van der Waals surface area contributed by atoms with Crippen molar-refractivity contribution < 1.29 is 27.4 Å². The van der Waals surface area contributed by atoms with Gasteiger partial charge < -0.3 is 19.1 Å². The van der Waals surface area contributed by atoms with Gasteiger partial charge in [0.25, 0.3) is 0 Å². The topological polar surface area (TPSA) is 30.9 Å². The summed E-state index contributed by atoms with van der Waals surface area (Å²) in [5.74, 6) is 1.43. The van der Waals surface area contributed by atoms with E-state index in [2.05, 4.69) is 17.0 Å². The van der Waals surface area contributed by atoms with Crippen molar-refractivity contribution >= 4 is 17.4 Å².